The number of carbonyl (C=O) groups is 1. The topological polar surface area (TPSA) is 56.5 Å². The van der Waals surface area contributed by atoms with Crippen molar-refractivity contribution >= 4 is 28.7 Å². The number of hydrogen-bond acceptors (Lipinski definition) is 5. The van der Waals surface area contributed by atoms with Gasteiger partial charge in [0, 0.05) is 22.8 Å². The molecule has 0 amide bonds. The van der Waals surface area contributed by atoms with Crippen LogP contribution in [0.4, 0.5) is 0 Å². The molecular weight excluding hydrogens is 360 g/mol. The fourth-order valence-corrected chi connectivity index (χ4v) is 3.53. The van der Waals surface area contributed by atoms with Gasteiger partial charge in [0.25, 0.3) is 0 Å². The van der Waals surface area contributed by atoms with Gasteiger partial charge in [-0.1, -0.05) is 48.9 Å². The van der Waals surface area contributed by atoms with Crippen molar-refractivity contribution in [3.63, 3.8) is 0 Å². The minimum Gasteiger partial charge on any atom is -0.460 e. The summed E-state index contributed by atoms with van der Waals surface area (Å²) in [6, 6.07) is 15.4. The van der Waals surface area contributed by atoms with Crippen molar-refractivity contribution in [2.75, 3.05) is 5.75 Å². The molecule has 27 heavy (non-hydrogen) atoms. The average molecular weight is 382 g/mol. The number of ether oxygens (including phenoxy) is 1. The first kappa shape index (κ1) is 19.2. The summed E-state index contributed by atoms with van der Waals surface area (Å²) in [6.45, 7) is 4.15. The van der Waals surface area contributed by atoms with Gasteiger partial charge in [0.15, 0.2) is 0 Å². The van der Waals surface area contributed by atoms with E-state index in [0.717, 1.165) is 23.1 Å². The third-order valence-corrected chi connectivity index (χ3v) is 5.28. The molecule has 0 spiro atoms. The first-order valence-corrected chi connectivity index (χ1v) is 10.0. The van der Waals surface area contributed by atoms with Gasteiger partial charge >= 0.3 is 11.6 Å². The highest BCUT2D eigenvalue weighted by Crippen LogP contribution is 2.20. The number of fused-ring (bicyclic) bond motifs is 1. The van der Waals surface area contributed by atoms with E-state index in [0.29, 0.717) is 11.1 Å². The average Bonchev–Trinajstić information content (AvgIpc) is 2.67. The number of aryl methyl sites for hydroxylation is 2. The molecule has 3 rings (SSSR count). The molecule has 0 bridgehead atoms. The van der Waals surface area contributed by atoms with E-state index in [9.17, 15) is 9.59 Å². The van der Waals surface area contributed by atoms with E-state index in [1.165, 1.54) is 29.0 Å². The summed E-state index contributed by atoms with van der Waals surface area (Å²) in [4.78, 5) is 23.8. The Labute approximate surface area is 162 Å². The van der Waals surface area contributed by atoms with Crippen LogP contribution in [0.2, 0.25) is 0 Å². The Hall–Kier alpha value is -2.53. The first-order chi connectivity index (χ1) is 13.0. The van der Waals surface area contributed by atoms with E-state index in [-0.39, 0.29) is 18.3 Å². The minimum absolute atomic E-state index is 0.0670. The third-order valence-electron chi connectivity index (χ3n) is 4.30. The second-order valence-corrected chi connectivity index (χ2v) is 7.40. The van der Waals surface area contributed by atoms with E-state index in [2.05, 4.69) is 24.3 Å². The normalized spacial score (nSPS) is 10.9. The van der Waals surface area contributed by atoms with Gasteiger partial charge < -0.3 is 9.15 Å². The van der Waals surface area contributed by atoms with Gasteiger partial charge in [-0.25, -0.2) is 4.79 Å². The second kappa shape index (κ2) is 8.91. The van der Waals surface area contributed by atoms with Gasteiger partial charge in [-0.05, 0) is 30.5 Å². The van der Waals surface area contributed by atoms with Crippen molar-refractivity contribution in [1.29, 1.82) is 0 Å². The maximum absolute atomic E-state index is 12.0. The largest absolute Gasteiger partial charge is 0.460 e. The summed E-state index contributed by atoms with van der Waals surface area (Å²) >= 11 is 1.51. The summed E-state index contributed by atoms with van der Waals surface area (Å²) in [7, 11) is 0. The second-order valence-electron chi connectivity index (χ2n) is 6.41. The lowest BCUT2D eigenvalue weighted by atomic mass is 10.1. The van der Waals surface area contributed by atoms with Gasteiger partial charge in [0.2, 0.25) is 0 Å². The summed E-state index contributed by atoms with van der Waals surface area (Å²) in [6.07, 6.45) is 0.858. The molecule has 0 N–H and O–H groups in total. The molecule has 0 aliphatic rings. The standard InChI is InChI=1S/C22H22O4S/c1-3-16-8-9-19-18(11-21(23)26-20(19)10-16)12-25-22(24)14-27-13-17-6-4-15(2)5-7-17/h4-11H,3,12-14H2,1-2H3. The van der Waals surface area contributed by atoms with Crippen LogP contribution in [0.15, 0.2) is 57.7 Å². The highest BCUT2D eigenvalue weighted by Gasteiger charge is 2.10. The molecule has 0 saturated heterocycles. The van der Waals surface area contributed by atoms with Gasteiger partial charge in [-0.3, -0.25) is 4.79 Å². The molecular formula is C22H22O4S. The Bertz CT molecular complexity index is 989. The highest BCUT2D eigenvalue weighted by atomic mass is 32.2. The van der Waals surface area contributed by atoms with Crippen LogP contribution in [-0.4, -0.2) is 11.7 Å². The maximum atomic E-state index is 12.0. The minimum atomic E-state index is -0.435. The van der Waals surface area contributed by atoms with Crippen LogP contribution in [0, 0.1) is 6.92 Å². The number of hydrogen-bond donors (Lipinski definition) is 0. The Balaban J connectivity index is 1.58. The summed E-state index contributed by atoms with van der Waals surface area (Å²) in [5, 5.41) is 0.798. The zero-order valence-corrected chi connectivity index (χ0v) is 16.3. The van der Waals surface area contributed by atoms with Gasteiger partial charge in [0.1, 0.15) is 12.2 Å². The van der Waals surface area contributed by atoms with Crippen molar-refractivity contribution < 1.29 is 13.9 Å². The molecule has 0 aliphatic heterocycles. The summed E-state index contributed by atoms with van der Waals surface area (Å²) in [5.41, 5.74) is 4.25. The van der Waals surface area contributed by atoms with Gasteiger partial charge in [0.05, 0.1) is 5.75 Å². The van der Waals surface area contributed by atoms with Crippen LogP contribution < -0.4 is 5.63 Å². The Morgan fingerprint density at radius 2 is 1.81 bits per heavy atom. The van der Waals surface area contributed by atoms with Crippen LogP contribution in [0.1, 0.15) is 29.2 Å². The number of esters is 1. The van der Waals surface area contributed by atoms with Crippen LogP contribution in [0.3, 0.4) is 0 Å². The number of carbonyl (C=O) groups excluding carboxylic acids is 1. The third kappa shape index (κ3) is 5.23. The monoisotopic (exact) mass is 382 g/mol. The molecule has 0 radical (unpaired) electrons. The van der Waals surface area contributed by atoms with E-state index >= 15 is 0 Å². The lowest BCUT2D eigenvalue weighted by molar-refractivity contribution is -0.141. The number of rotatable bonds is 7. The molecule has 4 nitrogen and oxygen atoms in total. The molecule has 1 heterocycles. The fraction of sp³-hybridized carbons (Fsp3) is 0.273. The Kier molecular flexibility index (Phi) is 6.35. The van der Waals surface area contributed by atoms with Crippen LogP contribution in [0.5, 0.6) is 0 Å². The predicted octanol–water partition coefficient (Wildman–Crippen LogP) is 4.64. The number of thioether (sulfide) groups is 1. The SMILES string of the molecule is CCc1ccc2c(COC(=O)CSCc3ccc(C)cc3)cc(=O)oc2c1. The molecule has 2 aromatic carbocycles. The van der Waals surface area contributed by atoms with Gasteiger partial charge in [-0.2, -0.15) is 0 Å². The van der Waals surface area contributed by atoms with E-state index in [1.807, 2.05) is 32.0 Å². The van der Waals surface area contributed by atoms with Crippen molar-refractivity contribution in [3.8, 4) is 0 Å². The Morgan fingerprint density at radius 1 is 1.07 bits per heavy atom. The van der Waals surface area contributed by atoms with E-state index in [1.54, 1.807) is 0 Å². The molecule has 3 aromatic rings. The van der Waals surface area contributed by atoms with Crippen molar-refractivity contribution in [2.45, 2.75) is 32.6 Å². The quantitative estimate of drug-likeness (QED) is 0.440. The zero-order chi connectivity index (χ0) is 19.2. The van der Waals surface area contributed by atoms with Gasteiger partial charge in [-0.15, -0.1) is 11.8 Å². The summed E-state index contributed by atoms with van der Waals surface area (Å²) < 4.78 is 10.6. The maximum Gasteiger partial charge on any atom is 0.336 e. The van der Waals surface area contributed by atoms with Crippen LogP contribution >= 0.6 is 11.8 Å². The molecule has 1 aromatic heterocycles. The van der Waals surface area contributed by atoms with Crippen LogP contribution in [-0.2, 0) is 28.3 Å². The first-order valence-electron chi connectivity index (χ1n) is 8.89. The molecule has 0 fully saturated rings. The highest BCUT2D eigenvalue weighted by molar-refractivity contribution is 7.99. The van der Waals surface area contributed by atoms with Crippen molar-refractivity contribution in [3.05, 3.63) is 81.2 Å². The van der Waals surface area contributed by atoms with Crippen molar-refractivity contribution in [2.24, 2.45) is 0 Å². The van der Waals surface area contributed by atoms with E-state index in [4.69, 9.17) is 9.15 Å². The van der Waals surface area contributed by atoms with E-state index < -0.39 is 5.63 Å². The fourth-order valence-electron chi connectivity index (χ4n) is 2.75. The molecule has 5 heteroatoms. The smallest absolute Gasteiger partial charge is 0.336 e. The molecule has 140 valence electrons. The van der Waals surface area contributed by atoms with Crippen molar-refractivity contribution in [1.82, 2.24) is 0 Å². The molecule has 0 atom stereocenters. The van der Waals surface area contributed by atoms with Crippen LogP contribution in [0.25, 0.3) is 11.0 Å². The molecule has 0 unspecified atom stereocenters. The molecule has 0 aliphatic carbocycles. The predicted molar refractivity (Wildman–Crippen MR) is 109 cm³/mol. The number of benzene rings is 2. The zero-order valence-electron chi connectivity index (χ0n) is 15.5. The lowest BCUT2D eigenvalue weighted by Gasteiger charge is -2.08. The molecule has 0 saturated carbocycles. The lowest BCUT2D eigenvalue weighted by Crippen LogP contribution is -2.09. The Morgan fingerprint density at radius 3 is 2.56 bits per heavy atom. The summed E-state index contributed by atoms with van der Waals surface area (Å²) in [5.74, 6) is 0.735.